The highest BCUT2D eigenvalue weighted by Gasteiger charge is 2.32. The van der Waals surface area contributed by atoms with Gasteiger partial charge in [0.1, 0.15) is 11.4 Å². The van der Waals surface area contributed by atoms with Crippen molar-refractivity contribution >= 4 is 11.7 Å². The molecule has 1 unspecified atom stereocenters. The lowest BCUT2D eigenvalue weighted by Crippen LogP contribution is -2.43. The summed E-state index contributed by atoms with van der Waals surface area (Å²) < 4.78 is 13.1. The molecule has 94 valence electrons. The van der Waals surface area contributed by atoms with Crippen molar-refractivity contribution in [2.45, 2.75) is 39.2 Å². The molecule has 0 aliphatic heterocycles. The van der Waals surface area contributed by atoms with Gasteiger partial charge in [-0.2, -0.15) is 0 Å². The van der Waals surface area contributed by atoms with Gasteiger partial charge in [0.05, 0.1) is 0 Å². The van der Waals surface area contributed by atoms with Crippen LogP contribution in [-0.2, 0) is 4.79 Å². The number of hydrogen-bond donors (Lipinski definition) is 2. The number of hydrogen-bond acceptors (Lipinski definition) is 2. The minimum absolute atomic E-state index is 0.373. The van der Waals surface area contributed by atoms with Crippen molar-refractivity contribution in [2.24, 2.45) is 0 Å². The first-order valence-corrected chi connectivity index (χ1v) is 5.67. The number of nitrogens with one attached hydrogen (secondary N) is 1. The Morgan fingerprint density at radius 1 is 1.53 bits per heavy atom. The fourth-order valence-electron chi connectivity index (χ4n) is 1.75. The van der Waals surface area contributed by atoms with Gasteiger partial charge in [-0.3, -0.25) is 0 Å². The van der Waals surface area contributed by atoms with Crippen molar-refractivity contribution in [1.82, 2.24) is 0 Å². The Morgan fingerprint density at radius 2 is 2.18 bits per heavy atom. The van der Waals surface area contributed by atoms with E-state index < -0.39 is 11.5 Å². The molecule has 0 aliphatic carbocycles. The monoisotopic (exact) mass is 239 g/mol. The summed E-state index contributed by atoms with van der Waals surface area (Å²) in [5.74, 6) is -1.30. The van der Waals surface area contributed by atoms with Gasteiger partial charge >= 0.3 is 5.97 Å². The van der Waals surface area contributed by atoms with Gasteiger partial charge < -0.3 is 10.4 Å². The summed E-state index contributed by atoms with van der Waals surface area (Å²) in [5.41, 5.74) is 0.297. The summed E-state index contributed by atoms with van der Waals surface area (Å²) in [6.07, 6.45) is 1.22. The Balaban J connectivity index is 3.01. The van der Waals surface area contributed by atoms with E-state index in [0.29, 0.717) is 12.1 Å². The van der Waals surface area contributed by atoms with E-state index in [2.05, 4.69) is 5.32 Å². The minimum atomic E-state index is -1.06. The molecule has 0 amide bonds. The molecule has 1 aromatic carbocycles. The first-order valence-electron chi connectivity index (χ1n) is 5.67. The van der Waals surface area contributed by atoms with Crippen LogP contribution in [0.25, 0.3) is 0 Å². The highest BCUT2D eigenvalue weighted by atomic mass is 19.1. The fraction of sp³-hybridized carbons (Fsp3) is 0.462. The molecular formula is C13H18FNO2. The third kappa shape index (κ3) is 3.19. The van der Waals surface area contributed by atoms with Crippen molar-refractivity contribution in [3.8, 4) is 0 Å². The number of halogens is 1. The second-order valence-corrected chi connectivity index (χ2v) is 4.47. The normalized spacial score (nSPS) is 14.1. The van der Waals surface area contributed by atoms with Crippen molar-refractivity contribution in [2.75, 3.05) is 5.32 Å². The van der Waals surface area contributed by atoms with Crippen molar-refractivity contribution in [1.29, 1.82) is 0 Å². The molecule has 2 N–H and O–H groups in total. The number of aliphatic carboxylic acids is 1. The van der Waals surface area contributed by atoms with Gasteiger partial charge in [0.15, 0.2) is 0 Å². The van der Waals surface area contributed by atoms with Crippen LogP contribution in [0.4, 0.5) is 10.1 Å². The second-order valence-electron chi connectivity index (χ2n) is 4.47. The Hall–Kier alpha value is -1.58. The fourth-order valence-corrected chi connectivity index (χ4v) is 1.75. The first-order chi connectivity index (χ1) is 7.89. The molecule has 0 saturated carbocycles. The van der Waals surface area contributed by atoms with Gasteiger partial charge in [-0.1, -0.05) is 19.4 Å². The maximum Gasteiger partial charge on any atom is 0.329 e. The number of anilines is 1. The predicted octanol–water partition coefficient (Wildman–Crippen LogP) is 3.19. The Bertz CT molecular complexity index is 420. The average Bonchev–Trinajstić information content (AvgIpc) is 2.23. The lowest BCUT2D eigenvalue weighted by atomic mass is 9.95. The molecule has 4 heteroatoms. The summed E-state index contributed by atoms with van der Waals surface area (Å²) in [4.78, 5) is 11.3. The number of carbonyl (C=O) groups is 1. The largest absolute Gasteiger partial charge is 0.480 e. The molecule has 1 rings (SSSR count). The lowest BCUT2D eigenvalue weighted by molar-refractivity contribution is -0.141. The number of carboxylic acid groups (broad SMARTS) is 1. The number of aryl methyl sites for hydroxylation is 1. The predicted molar refractivity (Wildman–Crippen MR) is 65.7 cm³/mol. The zero-order valence-electron chi connectivity index (χ0n) is 10.4. The Morgan fingerprint density at radius 3 is 2.71 bits per heavy atom. The zero-order chi connectivity index (χ0) is 13.1. The summed E-state index contributed by atoms with van der Waals surface area (Å²) >= 11 is 0. The standard InChI is InChI=1S/C13H18FNO2/c1-4-7-13(3,12(16)17)15-11-8-10(14)6-5-9(11)2/h5-6,8,15H,4,7H2,1-3H3,(H,16,17). The van der Waals surface area contributed by atoms with Gasteiger partial charge in [-0.05, 0) is 38.0 Å². The zero-order valence-corrected chi connectivity index (χ0v) is 10.4. The summed E-state index contributed by atoms with van der Waals surface area (Å²) in [6, 6.07) is 4.32. The second kappa shape index (κ2) is 5.17. The van der Waals surface area contributed by atoms with Gasteiger partial charge in [0.25, 0.3) is 0 Å². The van der Waals surface area contributed by atoms with Crippen LogP contribution in [-0.4, -0.2) is 16.6 Å². The summed E-state index contributed by atoms with van der Waals surface area (Å²) in [5, 5.41) is 12.2. The van der Waals surface area contributed by atoms with Crippen LogP contribution in [0.3, 0.4) is 0 Å². The molecule has 1 atom stereocenters. The lowest BCUT2D eigenvalue weighted by Gasteiger charge is -2.28. The number of benzene rings is 1. The molecule has 3 nitrogen and oxygen atoms in total. The summed E-state index contributed by atoms with van der Waals surface area (Å²) in [6.45, 7) is 5.35. The van der Waals surface area contributed by atoms with Crippen LogP contribution in [0.5, 0.6) is 0 Å². The molecule has 1 aromatic rings. The third-order valence-corrected chi connectivity index (χ3v) is 2.83. The molecule has 0 radical (unpaired) electrons. The van der Waals surface area contributed by atoms with E-state index in [1.165, 1.54) is 12.1 Å². The van der Waals surface area contributed by atoms with Gasteiger partial charge in [0, 0.05) is 5.69 Å². The average molecular weight is 239 g/mol. The van der Waals surface area contributed by atoms with Crippen LogP contribution in [0.15, 0.2) is 18.2 Å². The quantitative estimate of drug-likeness (QED) is 0.829. The molecule has 0 aromatic heterocycles. The topological polar surface area (TPSA) is 49.3 Å². The third-order valence-electron chi connectivity index (χ3n) is 2.83. The van der Waals surface area contributed by atoms with Crippen molar-refractivity contribution in [3.05, 3.63) is 29.6 Å². The van der Waals surface area contributed by atoms with Crippen LogP contribution in [0.1, 0.15) is 32.3 Å². The molecule has 17 heavy (non-hydrogen) atoms. The van der Waals surface area contributed by atoms with E-state index in [4.69, 9.17) is 0 Å². The van der Waals surface area contributed by atoms with E-state index in [9.17, 15) is 14.3 Å². The Kier molecular flexibility index (Phi) is 4.10. The van der Waals surface area contributed by atoms with Crippen molar-refractivity contribution < 1.29 is 14.3 Å². The van der Waals surface area contributed by atoms with E-state index in [-0.39, 0.29) is 5.82 Å². The smallest absolute Gasteiger partial charge is 0.329 e. The van der Waals surface area contributed by atoms with Crippen LogP contribution >= 0.6 is 0 Å². The van der Waals surface area contributed by atoms with E-state index in [1.54, 1.807) is 13.0 Å². The van der Waals surface area contributed by atoms with E-state index >= 15 is 0 Å². The van der Waals surface area contributed by atoms with Crippen molar-refractivity contribution in [3.63, 3.8) is 0 Å². The summed E-state index contributed by atoms with van der Waals surface area (Å²) in [7, 11) is 0. The van der Waals surface area contributed by atoms with Crippen LogP contribution in [0, 0.1) is 12.7 Å². The first kappa shape index (κ1) is 13.5. The molecule has 0 bridgehead atoms. The molecule has 0 fully saturated rings. The van der Waals surface area contributed by atoms with Gasteiger partial charge in [0.2, 0.25) is 0 Å². The van der Waals surface area contributed by atoms with Crippen LogP contribution < -0.4 is 5.32 Å². The Labute approximate surface area is 101 Å². The highest BCUT2D eigenvalue weighted by Crippen LogP contribution is 2.24. The highest BCUT2D eigenvalue weighted by molar-refractivity contribution is 5.82. The van der Waals surface area contributed by atoms with Gasteiger partial charge in [-0.25, -0.2) is 9.18 Å². The molecule has 0 aliphatic rings. The molecular weight excluding hydrogens is 221 g/mol. The van der Waals surface area contributed by atoms with E-state index in [1.807, 2.05) is 13.8 Å². The molecule has 0 saturated heterocycles. The van der Waals surface area contributed by atoms with Gasteiger partial charge in [-0.15, -0.1) is 0 Å². The maximum absolute atomic E-state index is 13.1. The number of carboxylic acids is 1. The molecule has 0 heterocycles. The SMILES string of the molecule is CCCC(C)(Nc1cc(F)ccc1C)C(=O)O. The molecule has 0 spiro atoms. The minimum Gasteiger partial charge on any atom is -0.480 e. The number of rotatable bonds is 5. The van der Waals surface area contributed by atoms with E-state index in [0.717, 1.165) is 12.0 Å². The maximum atomic E-state index is 13.1. The van der Waals surface area contributed by atoms with Crippen LogP contribution in [0.2, 0.25) is 0 Å².